The van der Waals surface area contributed by atoms with Crippen molar-refractivity contribution in [2.75, 3.05) is 0 Å². The van der Waals surface area contributed by atoms with Crippen LogP contribution in [-0.2, 0) is 4.84 Å². The molecule has 96 valence electrons. The fourth-order valence-corrected chi connectivity index (χ4v) is 1.42. The Labute approximate surface area is 100 Å². The quantitative estimate of drug-likeness (QED) is 0.826. The monoisotopic (exact) mass is 258 g/mol. The molecular weight excluding hydrogens is 249 g/mol. The average molecular weight is 258 g/mol. The average Bonchev–Trinajstić information content (AvgIpc) is 2.78. The molecular formula is C11H9F3N2O2. The van der Waals surface area contributed by atoms with E-state index in [2.05, 4.69) is 15.3 Å². The van der Waals surface area contributed by atoms with Crippen LogP contribution in [0.3, 0.4) is 0 Å². The molecule has 1 aromatic rings. The first-order valence-electron chi connectivity index (χ1n) is 5.05. The molecule has 1 unspecified atom stereocenters. The Morgan fingerprint density at radius 1 is 1.33 bits per heavy atom. The van der Waals surface area contributed by atoms with Crippen molar-refractivity contribution in [3.63, 3.8) is 0 Å². The molecule has 0 amide bonds. The van der Waals surface area contributed by atoms with Crippen LogP contribution in [0, 0.1) is 0 Å². The van der Waals surface area contributed by atoms with Crippen LogP contribution in [0.1, 0.15) is 22.8 Å². The van der Waals surface area contributed by atoms with Gasteiger partial charge in [-0.25, -0.2) is 15.3 Å². The molecule has 1 aromatic carbocycles. The number of ketones is 1. The molecule has 0 saturated heterocycles. The van der Waals surface area contributed by atoms with Crippen LogP contribution in [0.2, 0.25) is 0 Å². The van der Waals surface area contributed by atoms with Gasteiger partial charge in [0.25, 0.3) is 6.23 Å². The third kappa shape index (κ3) is 2.51. The van der Waals surface area contributed by atoms with Gasteiger partial charge in [-0.05, 0) is 6.92 Å². The van der Waals surface area contributed by atoms with Gasteiger partial charge in [0.05, 0.1) is 0 Å². The number of benzene rings is 1. The Hall–Kier alpha value is -1.89. The third-order valence-corrected chi connectivity index (χ3v) is 2.36. The summed E-state index contributed by atoms with van der Waals surface area (Å²) in [5.41, 5.74) is 3.02. The zero-order valence-corrected chi connectivity index (χ0v) is 9.28. The summed E-state index contributed by atoms with van der Waals surface area (Å²) in [6.45, 7) is 1.41. The molecule has 2 rings (SSSR count). The maximum Gasteiger partial charge on any atom is 0.437 e. The Morgan fingerprint density at radius 2 is 1.94 bits per heavy atom. The molecule has 1 aliphatic rings. The number of amidine groups is 1. The van der Waals surface area contributed by atoms with Gasteiger partial charge in [-0.3, -0.25) is 4.79 Å². The Bertz CT molecular complexity index is 494. The highest BCUT2D eigenvalue weighted by Gasteiger charge is 2.44. The number of carbonyl (C=O) groups excluding carboxylic acids is 1. The molecule has 1 aliphatic heterocycles. The van der Waals surface area contributed by atoms with Crippen molar-refractivity contribution in [1.82, 2.24) is 5.48 Å². The molecule has 18 heavy (non-hydrogen) atoms. The highest BCUT2D eigenvalue weighted by molar-refractivity contribution is 6.00. The van der Waals surface area contributed by atoms with Crippen LogP contribution in [0.4, 0.5) is 13.2 Å². The standard InChI is InChI=1S/C11H9F3N2O2/c1-6(17)7-2-4-8(5-3-7)9-15-10(18-16-9)11(12,13)14/h2-5,10H,1H3,(H,15,16). The van der Waals surface area contributed by atoms with Crippen molar-refractivity contribution in [2.45, 2.75) is 19.3 Å². The van der Waals surface area contributed by atoms with Crippen molar-refractivity contribution >= 4 is 11.6 Å². The van der Waals surface area contributed by atoms with Crippen LogP contribution in [0.5, 0.6) is 0 Å². The smallest absolute Gasteiger partial charge is 0.295 e. The number of hydrogen-bond acceptors (Lipinski definition) is 4. The fraction of sp³-hybridized carbons (Fsp3) is 0.273. The fourth-order valence-electron chi connectivity index (χ4n) is 1.42. The Morgan fingerprint density at radius 3 is 2.39 bits per heavy atom. The van der Waals surface area contributed by atoms with E-state index in [1.54, 1.807) is 0 Å². The van der Waals surface area contributed by atoms with Gasteiger partial charge in [0, 0.05) is 11.1 Å². The summed E-state index contributed by atoms with van der Waals surface area (Å²) in [5, 5.41) is 0. The lowest BCUT2D eigenvalue weighted by Crippen LogP contribution is -2.29. The first-order valence-corrected chi connectivity index (χ1v) is 5.05. The van der Waals surface area contributed by atoms with Crippen molar-refractivity contribution in [2.24, 2.45) is 4.99 Å². The van der Waals surface area contributed by atoms with E-state index in [1.807, 2.05) is 0 Å². The van der Waals surface area contributed by atoms with Crippen molar-refractivity contribution in [3.8, 4) is 0 Å². The number of carbonyl (C=O) groups is 1. The highest BCUT2D eigenvalue weighted by Crippen LogP contribution is 2.26. The maximum absolute atomic E-state index is 12.3. The zero-order valence-electron chi connectivity index (χ0n) is 9.28. The van der Waals surface area contributed by atoms with Crippen LogP contribution >= 0.6 is 0 Å². The number of hydroxylamine groups is 1. The third-order valence-electron chi connectivity index (χ3n) is 2.36. The molecule has 0 radical (unpaired) electrons. The highest BCUT2D eigenvalue weighted by atomic mass is 19.4. The number of hydrogen-bond donors (Lipinski definition) is 1. The molecule has 0 aliphatic carbocycles. The van der Waals surface area contributed by atoms with Gasteiger partial charge in [0.1, 0.15) is 0 Å². The molecule has 1 heterocycles. The lowest BCUT2D eigenvalue weighted by atomic mass is 10.1. The minimum absolute atomic E-state index is 0.00701. The maximum atomic E-state index is 12.3. The summed E-state index contributed by atoms with van der Waals surface area (Å²) < 4.78 is 36.9. The van der Waals surface area contributed by atoms with Crippen LogP contribution in [0.15, 0.2) is 29.3 Å². The number of alkyl halides is 3. The largest absolute Gasteiger partial charge is 0.437 e. The lowest BCUT2D eigenvalue weighted by molar-refractivity contribution is -0.220. The van der Waals surface area contributed by atoms with Crippen LogP contribution < -0.4 is 5.48 Å². The van der Waals surface area contributed by atoms with Crippen molar-refractivity contribution < 1.29 is 22.8 Å². The topological polar surface area (TPSA) is 50.7 Å². The lowest BCUT2D eigenvalue weighted by Gasteiger charge is -2.08. The number of nitrogens with zero attached hydrogens (tertiary/aromatic N) is 1. The van der Waals surface area contributed by atoms with Gasteiger partial charge in [0.15, 0.2) is 11.6 Å². The zero-order chi connectivity index (χ0) is 13.3. The second-order valence-electron chi connectivity index (χ2n) is 3.73. The number of Topliss-reactive ketones (excluding diaryl/α,β-unsaturated/α-hetero) is 1. The van der Waals surface area contributed by atoms with E-state index in [0.717, 1.165) is 0 Å². The van der Waals surface area contributed by atoms with Gasteiger partial charge in [-0.2, -0.15) is 13.2 Å². The van der Waals surface area contributed by atoms with Gasteiger partial charge in [-0.15, -0.1) is 0 Å². The summed E-state index contributed by atoms with van der Waals surface area (Å²) in [5.74, 6) is -0.125. The first-order chi connectivity index (χ1) is 8.38. The van der Waals surface area contributed by atoms with Gasteiger partial charge >= 0.3 is 6.18 Å². The molecule has 0 spiro atoms. The SMILES string of the molecule is CC(=O)c1ccc(C2=NC(C(F)(F)F)ON2)cc1. The Balaban J connectivity index is 2.21. The molecule has 0 saturated carbocycles. The Kier molecular flexibility index (Phi) is 3.08. The number of rotatable bonds is 2. The van der Waals surface area contributed by atoms with E-state index in [1.165, 1.54) is 31.2 Å². The van der Waals surface area contributed by atoms with Gasteiger partial charge in [-0.1, -0.05) is 24.3 Å². The van der Waals surface area contributed by atoms with E-state index in [9.17, 15) is 18.0 Å². The van der Waals surface area contributed by atoms with E-state index in [4.69, 9.17) is 0 Å². The minimum atomic E-state index is -4.55. The second-order valence-corrected chi connectivity index (χ2v) is 3.73. The summed E-state index contributed by atoms with van der Waals surface area (Å²) in [4.78, 5) is 18.7. The number of halogens is 3. The van der Waals surface area contributed by atoms with E-state index < -0.39 is 12.4 Å². The van der Waals surface area contributed by atoms with Crippen molar-refractivity contribution in [3.05, 3.63) is 35.4 Å². The summed E-state index contributed by atoms with van der Waals surface area (Å²) in [7, 11) is 0. The minimum Gasteiger partial charge on any atom is -0.295 e. The predicted molar refractivity (Wildman–Crippen MR) is 57.0 cm³/mol. The molecule has 0 aromatic heterocycles. The van der Waals surface area contributed by atoms with E-state index >= 15 is 0 Å². The predicted octanol–water partition coefficient (Wildman–Crippen LogP) is 2.06. The van der Waals surface area contributed by atoms with Gasteiger partial charge in [0.2, 0.25) is 0 Å². The molecule has 1 N–H and O–H groups in total. The van der Waals surface area contributed by atoms with Crippen LogP contribution in [-0.4, -0.2) is 24.0 Å². The second kappa shape index (κ2) is 4.41. The molecule has 4 nitrogen and oxygen atoms in total. The normalized spacial score (nSPS) is 19.3. The van der Waals surface area contributed by atoms with Crippen LogP contribution in [0.25, 0.3) is 0 Å². The summed E-state index contributed by atoms with van der Waals surface area (Å²) in [6.07, 6.45) is -6.74. The molecule has 7 heteroatoms. The van der Waals surface area contributed by atoms with E-state index in [0.29, 0.717) is 11.1 Å². The van der Waals surface area contributed by atoms with Gasteiger partial charge < -0.3 is 0 Å². The molecule has 0 bridgehead atoms. The number of nitrogens with one attached hydrogen (secondary N) is 1. The van der Waals surface area contributed by atoms with E-state index in [-0.39, 0.29) is 11.6 Å². The van der Waals surface area contributed by atoms with Crippen molar-refractivity contribution in [1.29, 1.82) is 0 Å². The summed E-state index contributed by atoms with van der Waals surface area (Å²) in [6, 6.07) is 6.04. The summed E-state index contributed by atoms with van der Waals surface area (Å²) >= 11 is 0. The first kappa shape index (κ1) is 12.6. The molecule has 1 atom stereocenters. The number of aliphatic imine (C=N–C) groups is 1. The molecule has 0 fully saturated rings.